The minimum absolute atomic E-state index is 0.203. The number of carbonyl (C=O) groups is 1. The average Bonchev–Trinajstić information content (AvgIpc) is 2.71. The standard InChI is InChI=1S/C14H19NO/c1-11(16)10-15-8-7-12-5-6-13-3-2-4-14(13)9-12/h5-6,9,15H,2-4,7-8,10H2,1H3. The van der Waals surface area contributed by atoms with Crippen LogP contribution in [-0.4, -0.2) is 18.9 Å². The molecule has 2 nitrogen and oxygen atoms in total. The molecule has 0 spiro atoms. The SMILES string of the molecule is CC(=O)CNCCc1ccc2c(c1)CCC2. The van der Waals surface area contributed by atoms with Crippen molar-refractivity contribution in [3.63, 3.8) is 0 Å². The smallest absolute Gasteiger partial charge is 0.143 e. The van der Waals surface area contributed by atoms with Crippen LogP contribution < -0.4 is 5.32 Å². The maximum absolute atomic E-state index is 10.7. The quantitative estimate of drug-likeness (QED) is 0.763. The van der Waals surface area contributed by atoms with Gasteiger partial charge in [-0.25, -0.2) is 0 Å². The van der Waals surface area contributed by atoms with E-state index in [0.717, 1.165) is 13.0 Å². The molecule has 0 saturated carbocycles. The first-order chi connectivity index (χ1) is 7.75. The van der Waals surface area contributed by atoms with Gasteiger partial charge >= 0.3 is 0 Å². The lowest BCUT2D eigenvalue weighted by atomic mass is 10.0. The lowest BCUT2D eigenvalue weighted by Gasteiger charge is -2.05. The highest BCUT2D eigenvalue weighted by Crippen LogP contribution is 2.22. The number of carbonyl (C=O) groups excluding carboxylic acids is 1. The topological polar surface area (TPSA) is 29.1 Å². The number of nitrogens with one attached hydrogen (secondary N) is 1. The van der Waals surface area contributed by atoms with Crippen LogP contribution in [-0.2, 0) is 24.1 Å². The molecule has 16 heavy (non-hydrogen) atoms. The van der Waals surface area contributed by atoms with Crippen LogP contribution in [0.4, 0.5) is 0 Å². The Bertz CT molecular complexity index is 384. The van der Waals surface area contributed by atoms with E-state index in [2.05, 4.69) is 23.5 Å². The zero-order valence-corrected chi connectivity index (χ0v) is 9.88. The lowest BCUT2D eigenvalue weighted by molar-refractivity contribution is -0.116. The summed E-state index contributed by atoms with van der Waals surface area (Å²) in [5.74, 6) is 0.203. The van der Waals surface area contributed by atoms with Gasteiger partial charge < -0.3 is 5.32 Å². The molecule has 0 fully saturated rings. The molecule has 2 rings (SSSR count). The van der Waals surface area contributed by atoms with Gasteiger partial charge in [0, 0.05) is 0 Å². The first kappa shape index (κ1) is 11.3. The zero-order chi connectivity index (χ0) is 11.4. The second-order valence-corrected chi connectivity index (χ2v) is 4.59. The molecule has 0 unspecified atom stereocenters. The Morgan fingerprint density at radius 1 is 1.31 bits per heavy atom. The first-order valence-electron chi connectivity index (χ1n) is 6.06. The third kappa shape index (κ3) is 2.92. The molecule has 2 heteroatoms. The minimum Gasteiger partial charge on any atom is -0.310 e. The molecule has 0 aliphatic heterocycles. The average molecular weight is 217 g/mol. The number of benzene rings is 1. The largest absolute Gasteiger partial charge is 0.310 e. The maximum atomic E-state index is 10.7. The Balaban J connectivity index is 1.83. The van der Waals surface area contributed by atoms with E-state index in [-0.39, 0.29) is 5.78 Å². The van der Waals surface area contributed by atoms with Crippen LogP contribution >= 0.6 is 0 Å². The Hall–Kier alpha value is -1.15. The fourth-order valence-electron chi connectivity index (χ4n) is 2.28. The van der Waals surface area contributed by atoms with Crippen LogP contribution in [0.3, 0.4) is 0 Å². The molecule has 0 bridgehead atoms. The Labute approximate surface area is 97.1 Å². The van der Waals surface area contributed by atoms with Crippen molar-refractivity contribution < 1.29 is 4.79 Å². The van der Waals surface area contributed by atoms with Crippen LogP contribution in [0.2, 0.25) is 0 Å². The molecule has 0 aromatic heterocycles. The summed E-state index contributed by atoms with van der Waals surface area (Å²) in [5.41, 5.74) is 4.45. The highest BCUT2D eigenvalue weighted by Gasteiger charge is 2.10. The van der Waals surface area contributed by atoms with E-state index in [1.54, 1.807) is 6.92 Å². The molecule has 0 heterocycles. The summed E-state index contributed by atoms with van der Waals surface area (Å²) in [6, 6.07) is 6.82. The number of ketones is 1. The zero-order valence-electron chi connectivity index (χ0n) is 9.88. The molecule has 1 aliphatic rings. The van der Waals surface area contributed by atoms with Gasteiger partial charge in [0.1, 0.15) is 5.78 Å². The Kier molecular flexibility index (Phi) is 3.73. The van der Waals surface area contributed by atoms with Crippen LogP contribution in [0.1, 0.15) is 30.0 Å². The van der Waals surface area contributed by atoms with Crippen molar-refractivity contribution in [3.8, 4) is 0 Å². The van der Waals surface area contributed by atoms with Crippen molar-refractivity contribution in [2.45, 2.75) is 32.6 Å². The first-order valence-corrected chi connectivity index (χ1v) is 6.06. The summed E-state index contributed by atoms with van der Waals surface area (Å²) in [4.78, 5) is 10.7. The van der Waals surface area contributed by atoms with E-state index >= 15 is 0 Å². The van der Waals surface area contributed by atoms with Gasteiger partial charge in [-0.3, -0.25) is 4.79 Å². The summed E-state index contributed by atoms with van der Waals surface area (Å²) < 4.78 is 0. The number of Topliss-reactive ketones (excluding diaryl/α,β-unsaturated/α-hetero) is 1. The number of fused-ring (bicyclic) bond motifs is 1. The van der Waals surface area contributed by atoms with E-state index < -0.39 is 0 Å². The van der Waals surface area contributed by atoms with Crippen LogP contribution in [0.25, 0.3) is 0 Å². The normalized spacial score (nSPS) is 13.8. The van der Waals surface area contributed by atoms with Crippen molar-refractivity contribution in [2.24, 2.45) is 0 Å². The van der Waals surface area contributed by atoms with Gasteiger partial charge in [0.15, 0.2) is 0 Å². The van der Waals surface area contributed by atoms with Crippen molar-refractivity contribution >= 4 is 5.78 Å². The molecule has 1 aromatic carbocycles. The fourth-order valence-corrected chi connectivity index (χ4v) is 2.28. The molecule has 1 aliphatic carbocycles. The molecule has 0 saturated heterocycles. The van der Waals surface area contributed by atoms with E-state index in [9.17, 15) is 4.79 Å². The van der Waals surface area contributed by atoms with E-state index in [1.807, 2.05) is 0 Å². The summed E-state index contributed by atoms with van der Waals surface area (Å²) >= 11 is 0. The van der Waals surface area contributed by atoms with Gasteiger partial charge in [-0.1, -0.05) is 18.2 Å². The van der Waals surface area contributed by atoms with Crippen molar-refractivity contribution in [2.75, 3.05) is 13.1 Å². The molecule has 86 valence electrons. The third-order valence-corrected chi connectivity index (χ3v) is 3.13. The molecule has 0 amide bonds. The van der Waals surface area contributed by atoms with Crippen molar-refractivity contribution in [1.29, 1.82) is 0 Å². The van der Waals surface area contributed by atoms with Crippen molar-refractivity contribution in [3.05, 3.63) is 34.9 Å². The number of hydrogen-bond donors (Lipinski definition) is 1. The molecule has 1 N–H and O–H groups in total. The highest BCUT2D eigenvalue weighted by molar-refractivity contribution is 5.77. The molecular weight excluding hydrogens is 198 g/mol. The fraction of sp³-hybridized carbons (Fsp3) is 0.500. The van der Waals surface area contributed by atoms with Gasteiger partial charge in [-0.2, -0.15) is 0 Å². The van der Waals surface area contributed by atoms with Gasteiger partial charge in [-0.15, -0.1) is 0 Å². The summed E-state index contributed by atoms with van der Waals surface area (Å²) in [7, 11) is 0. The molecule has 0 radical (unpaired) electrons. The van der Waals surface area contributed by atoms with Crippen LogP contribution in [0.15, 0.2) is 18.2 Å². The Morgan fingerprint density at radius 2 is 2.12 bits per heavy atom. The van der Waals surface area contributed by atoms with E-state index in [4.69, 9.17) is 0 Å². The number of aryl methyl sites for hydroxylation is 2. The molecule has 1 aromatic rings. The molecule has 0 atom stereocenters. The third-order valence-electron chi connectivity index (χ3n) is 3.13. The van der Waals surface area contributed by atoms with E-state index in [1.165, 1.54) is 36.0 Å². The summed E-state index contributed by atoms with van der Waals surface area (Å²) in [6.45, 7) is 2.99. The predicted molar refractivity (Wildman–Crippen MR) is 65.7 cm³/mol. The second-order valence-electron chi connectivity index (χ2n) is 4.59. The monoisotopic (exact) mass is 217 g/mol. The number of hydrogen-bond acceptors (Lipinski definition) is 2. The van der Waals surface area contributed by atoms with Crippen LogP contribution in [0, 0.1) is 0 Å². The van der Waals surface area contributed by atoms with Crippen molar-refractivity contribution in [1.82, 2.24) is 5.32 Å². The lowest BCUT2D eigenvalue weighted by Crippen LogP contribution is -2.23. The minimum atomic E-state index is 0.203. The maximum Gasteiger partial charge on any atom is 0.143 e. The Morgan fingerprint density at radius 3 is 2.94 bits per heavy atom. The van der Waals surface area contributed by atoms with Gasteiger partial charge in [0.05, 0.1) is 6.54 Å². The second kappa shape index (κ2) is 5.26. The van der Waals surface area contributed by atoms with Gasteiger partial charge in [0.25, 0.3) is 0 Å². The van der Waals surface area contributed by atoms with Gasteiger partial charge in [-0.05, 0) is 55.8 Å². The molecular formula is C14H19NO. The number of rotatable bonds is 5. The predicted octanol–water partition coefficient (Wildman–Crippen LogP) is 1.90. The van der Waals surface area contributed by atoms with Crippen LogP contribution in [0.5, 0.6) is 0 Å². The summed E-state index contributed by atoms with van der Waals surface area (Å²) in [5, 5.41) is 3.15. The highest BCUT2D eigenvalue weighted by atomic mass is 16.1. The van der Waals surface area contributed by atoms with E-state index in [0.29, 0.717) is 6.54 Å². The van der Waals surface area contributed by atoms with Gasteiger partial charge in [0.2, 0.25) is 0 Å². The summed E-state index contributed by atoms with van der Waals surface area (Å²) in [6.07, 6.45) is 4.81.